The summed E-state index contributed by atoms with van der Waals surface area (Å²) in [5.74, 6) is 0.795. The number of ketones is 1. The lowest BCUT2D eigenvalue weighted by Crippen LogP contribution is -2.37. The maximum atomic E-state index is 11.9. The maximum absolute atomic E-state index is 11.9. The van der Waals surface area contributed by atoms with Crippen molar-refractivity contribution in [2.45, 2.75) is 44.7 Å². The van der Waals surface area contributed by atoms with Crippen LogP contribution >= 0.6 is 0 Å². The van der Waals surface area contributed by atoms with Gasteiger partial charge in [0.05, 0.1) is 5.69 Å². The van der Waals surface area contributed by atoms with E-state index >= 15 is 0 Å². The number of rotatable bonds is 3. The topological polar surface area (TPSA) is 33.2 Å². The van der Waals surface area contributed by atoms with E-state index in [-0.39, 0.29) is 0 Å². The lowest BCUT2D eigenvalue weighted by Gasteiger charge is -2.28. The van der Waals surface area contributed by atoms with Gasteiger partial charge in [0.1, 0.15) is 5.78 Å². The summed E-state index contributed by atoms with van der Waals surface area (Å²) in [6.45, 7) is 2.01. The van der Waals surface area contributed by atoms with Crippen molar-refractivity contribution in [1.82, 2.24) is 9.88 Å². The second-order valence-corrected chi connectivity index (χ2v) is 5.47. The van der Waals surface area contributed by atoms with Crippen molar-refractivity contribution in [1.29, 1.82) is 0 Å². The van der Waals surface area contributed by atoms with Crippen LogP contribution in [0.2, 0.25) is 0 Å². The van der Waals surface area contributed by atoms with E-state index in [1.807, 2.05) is 18.3 Å². The van der Waals surface area contributed by atoms with Gasteiger partial charge >= 0.3 is 0 Å². The molecule has 3 rings (SSSR count). The molecule has 0 N–H and O–H groups in total. The lowest BCUT2D eigenvalue weighted by molar-refractivity contribution is -0.122. The van der Waals surface area contributed by atoms with Crippen LogP contribution in [0, 0.1) is 5.92 Å². The molecule has 1 aliphatic carbocycles. The predicted octanol–water partition coefficient (Wildman–Crippen LogP) is 2.42. The first-order valence-corrected chi connectivity index (χ1v) is 7.01. The van der Waals surface area contributed by atoms with Crippen LogP contribution in [-0.2, 0) is 11.3 Å². The second-order valence-electron chi connectivity index (χ2n) is 5.47. The minimum atomic E-state index is 0.302. The summed E-state index contributed by atoms with van der Waals surface area (Å²) >= 11 is 0. The highest BCUT2D eigenvalue weighted by Gasteiger charge is 2.37. The van der Waals surface area contributed by atoms with Crippen molar-refractivity contribution in [2.24, 2.45) is 5.92 Å². The Bertz CT molecular complexity index is 418. The molecule has 2 atom stereocenters. The van der Waals surface area contributed by atoms with E-state index in [1.54, 1.807) is 0 Å². The summed E-state index contributed by atoms with van der Waals surface area (Å²) in [5, 5.41) is 0. The van der Waals surface area contributed by atoms with E-state index in [0.29, 0.717) is 17.7 Å². The van der Waals surface area contributed by atoms with Gasteiger partial charge in [-0.15, -0.1) is 0 Å². The van der Waals surface area contributed by atoms with Crippen LogP contribution in [0.1, 0.15) is 37.8 Å². The van der Waals surface area contributed by atoms with E-state index in [9.17, 15) is 4.79 Å². The van der Waals surface area contributed by atoms with Crippen LogP contribution in [0.15, 0.2) is 24.4 Å². The van der Waals surface area contributed by atoms with Crippen LogP contribution in [0.4, 0.5) is 0 Å². The first-order chi connectivity index (χ1) is 8.84. The standard InChI is InChI=1S/C15H20N2O/c18-15-8-3-6-13(15)14-7-4-10-17(14)11-12-5-1-2-9-16-12/h1-2,5,9,13-14H,3-4,6-8,10-11H2. The molecule has 3 heteroatoms. The number of likely N-dealkylation sites (tertiary alicyclic amines) is 1. The monoisotopic (exact) mass is 244 g/mol. The summed E-state index contributed by atoms with van der Waals surface area (Å²) in [7, 11) is 0. The summed E-state index contributed by atoms with van der Waals surface area (Å²) < 4.78 is 0. The van der Waals surface area contributed by atoms with Crippen molar-refractivity contribution in [3.8, 4) is 0 Å². The fourth-order valence-electron chi connectivity index (χ4n) is 3.45. The van der Waals surface area contributed by atoms with Crippen LogP contribution in [0.3, 0.4) is 0 Å². The zero-order valence-corrected chi connectivity index (χ0v) is 10.7. The molecule has 0 bridgehead atoms. The number of carbonyl (C=O) groups excluding carboxylic acids is 1. The number of carbonyl (C=O) groups is 1. The molecule has 1 saturated carbocycles. The van der Waals surface area contributed by atoms with Gasteiger partial charge in [-0.05, 0) is 44.4 Å². The van der Waals surface area contributed by atoms with Crippen molar-refractivity contribution in [3.05, 3.63) is 30.1 Å². The normalized spacial score (nSPS) is 29.0. The van der Waals surface area contributed by atoms with Crippen LogP contribution < -0.4 is 0 Å². The van der Waals surface area contributed by atoms with Crippen LogP contribution in [0.5, 0.6) is 0 Å². The predicted molar refractivity (Wildman–Crippen MR) is 70.0 cm³/mol. The summed E-state index contributed by atoms with van der Waals surface area (Å²) in [4.78, 5) is 18.8. The second kappa shape index (κ2) is 5.19. The zero-order valence-electron chi connectivity index (χ0n) is 10.7. The lowest BCUT2D eigenvalue weighted by atomic mass is 9.95. The average Bonchev–Trinajstić information content (AvgIpc) is 2.99. The van der Waals surface area contributed by atoms with Crippen molar-refractivity contribution >= 4 is 5.78 Å². The molecular formula is C15H20N2O. The molecule has 0 aromatic carbocycles. The Balaban J connectivity index is 1.69. The van der Waals surface area contributed by atoms with E-state index in [4.69, 9.17) is 0 Å². The van der Waals surface area contributed by atoms with Crippen molar-refractivity contribution in [2.75, 3.05) is 6.54 Å². The Morgan fingerprint density at radius 1 is 1.28 bits per heavy atom. The Morgan fingerprint density at radius 3 is 2.94 bits per heavy atom. The number of Topliss-reactive ketones (excluding diaryl/α,β-unsaturated/α-hetero) is 1. The third-order valence-electron chi connectivity index (χ3n) is 4.32. The van der Waals surface area contributed by atoms with Crippen molar-refractivity contribution in [3.63, 3.8) is 0 Å². The maximum Gasteiger partial charge on any atom is 0.137 e. The van der Waals surface area contributed by atoms with E-state index < -0.39 is 0 Å². The minimum Gasteiger partial charge on any atom is -0.299 e. The van der Waals surface area contributed by atoms with Gasteiger partial charge in [-0.2, -0.15) is 0 Å². The highest BCUT2D eigenvalue weighted by Crippen LogP contribution is 2.33. The van der Waals surface area contributed by atoms with Gasteiger partial charge in [-0.1, -0.05) is 6.07 Å². The first-order valence-electron chi connectivity index (χ1n) is 7.01. The molecule has 2 fully saturated rings. The highest BCUT2D eigenvalue weighted by atomic mass is 16.1. The van der Waals surface area contributed by atoms with Gasteiger partial charge in [-0.3, -0.25) is 14.7 Å². The van der Waals surface area contributed by atoms with E-state index in [2.05, 4.69) is 16.0 Å². The summed E-state index contributed by atoms with van der Waals surface area (Å²) in [6, 6.07) is 6.54. The smallest absolute Gasteiger partial charge is 0.137 e. The molecule has 1 aliphatic heterocycles. The molecule has 0 amide bonds. The van der Waals surface area contributed by atoms with Gasteiger partial charge in [0.15, 0.2) is 0 Å². The number of aromatic nitrogens is 1. The quantitative estimate of drug-likeness (QED) is 0.818. The van der Waals surface area contributed by atoms with Crippen LogP contribution in [-0.4, -0.2) is 28.3 Å². The molecule has 3 nitrogen and oxygen atoms in total. The van der Waals surface area contributed by atoms with Gasteiger partial charge in [0.2, 0.25) is 0 Å². The highest BCUT2D eigenvalue weighted by molar-refractivity contribution is 5.83. The average molecular weight is 244 g/mol. The third-order valence-corrected chi connectivity index (χ3v) is 4.32. The Morgan fingerprint density at radius 2 is 2.22 bits per heavy atom. The van der Waals surface area contributed by atoms with Crippen molar-refractivity contribution < 1.29 is 4.79 Å². The first kappa shape index (κ1) is 11.8. The Labute approximate surface area is 108 Å². The number of pyridine rings is 1. The molecule has 2 unspecified atom stereocenters. The molecule has 2 heterocycles. The molecule has 1 aromatic rings. The number of hydrogen-bond acceptors (Lipinski definition) is 3. The number of hydrogen-bond donors (Lipinski definition) is 0. The van der Waals surface area contributed by atoms with E-state index in [1.165, 1.54) is 12.8 Å². The van der Waals surface area contributed by atoms with Crippen LogP contribution in [0.25, 0.3) is 0 Å². The molecule has 1 aromatic heterocycles. The molecule has 96 valence electrons. The fourth-order valence-corrected chi connectivity index (χ4v) is 3.45. The summed E-state index contributed by atoms with van der Waals surface area (Å²) in [6.07, 6.45) is 7.25. The van der Waals surface area contributed by atoms with Gasteiger partial charge in [-0.25, -0.2) is 0 Å². The third kappa shape index (κ3) is 2.32. The van der Waals surface area contributed by atoms with Gasteiger partial charge in [0.25, 0.3) is 0 Å². The molecule has 18 heavy (non-hydrogen) atoms. The van der Waals surface area contributed by atoms with Gasteiger partial charge < -0.3 is 0 Å². The minimum absolute atomic E-state index is 0.302. The molecule has 0 radical (unpaired) electrons. The molecule has 2 aliphatic rings. The Kier molecular flexibility index (Phi) is 3.41. The Hall–Kier alpha value is -1.22. The molecule has 0 spiro atoms. The zero-order chi connectivity index (χ0) is 12.4. The number of nitrogens with zero attached hydrogens (tertiary/aromatic N) is 2. The molecular weight excluding hydrogens is 224 g/mol. The SMILES string of the molecule is O=C1CCCC1C1CCCN1Cc1ccccn1. The van der Waals surface area contributed by atoms with Gasteiger partial charge in [0, 0.05) is 31.1 Å². The molecule has 1 saturated heterocycles. The summed E-state index contributed by atoms with van der Waals surface area (Å²) in [5.41, 5.74) is 1.12. The largest absolute Gasteiger partial charge is 0.299 e. The van der Waals surface area contributed by atoms with E-state index in [0.717, 1.165) is 38.0 Å². The fraction of sp³-hybridized carbons (Fsp3) is 0.600.